The lowest BCUT2D eigenvalue weighted by Crippen LogP contribution is -2.37. The molecule has 0 radical (unpaired) electrons. The maximum atomic E-state index is 3.72. The fourth-order valence-corrected chi connectivity index (χ4v) is 3.50. The van der Waals surface area contributed by atoms with E-state index in [1.165, 1.54) is 42.4 Å². The topological polar surface area (TPSA) is 15.3 Å². The first kappa shape index (κ1) is 11.7. The number of rotatable bonds is 1. The van der Waals surface area contributed by atoms with Crippen molar-refractivity contribution in [3.63, 3.8) is 0 Å². The van der Waals surface area contributed by atoms with E-state index in [9.17, 15) is 0 Å². The van der Waals surface area contributed by atoms with Gasteiger partial charge in [-0.2, -0.15) is 0 Å². The molecular weight excluding hydrogens is 276 g/mol. The number of hydrogen-bond acceptors (Lipinski definition) is 2. The number of benzene rings is 1. The van der Waals surface area contributed by atoms with Crippen LogP contribution >= 0.6 is 15.9 Å². The zero-order valence-electron chi connectivity index (χ0n) is 10.0. The Balaban J connectivity index is 1.86. The second-order valence-electron chi connectivity index (χ2n) is 5.14. The van der Waals surface area contributed by atoms with Gasteiger partial charge in [-0.05, 0) is 43.5 Å². The van der Waals surface area contributed by atoms with Crippen LogP contribution in [0.2, 0.25) is 0 Å². The van der Waals surface area contributed by atoms with Crippen LogP contribution in [0.1, 0.15) is 30.9 Å². The lowest BCUT2D eigenvalue weighted by molar-refractivity contribution is 0.208. The zero-order chi connectivity index (χ0) is 11.7. The molecule has 2 heterocycles. The average molecular weight is 295 g/mol. The van der Waals surface area contributed by atoms with Crippen LogP contribution in [-0.4, -0.2) is 30.6 Å². The van der Waals surface area contributed by atoms with Crippen LogP contribution in [0.5, 0.6) is 0 Å². The third-order valence-electron chi connectivity index (χ3n) is 4.04. The Morgan fingerprint density at radius 1 is 1.24 bits per heavy atom. The zero-order valence-corrected chi connectivity index (χ0v) is 11.6. The van der Waals surface area contributed by atoms with Gasteiger partial charge in [-0.25, -0.2) is 0 Å². The largest absolute Gasteiger partial charge is 0.312 e. The Bertz CT molecular complexity index is 394. The van der Waals surface area contributed by atoms with Gasteiger partial charge in [0.15, 0.2) is 0 Å². The van der Waals surface area contributed by atoms with Gasteiger partial charge in [0.1, 0.15) is 0 Å². The SMILES string of the molecule is Brc1cccc(C2CNC3CCCN2CC3)c1. The molecule has 2 bridgehead atoms. The molecule has 1 N–H and O–H groups in total. The number of nitrogens with zero attached hydrogens (tertiary/aromatic N) is 1. The summed E-state index contributed by atoms with van der Waals surface area (Å²) in [6.07, 6.45) is 3.99. The number of nitrogens with one attached hydrogen (secondary N) is 1. The molecule has 0 amide bonds. The van der Waals surface area contributed by atoms with Gasteiger partial charge < -0.3 is 5.32 Å². The molecule has 0 saturated carbocycles. The Morgan fingerprint density at radius 2 is 2.18 bits per heavy atom. The Labute approximate surface area is 112 Å². The molecule has 1 aromatic carbocycles. The lowest BCUT2D eigenvalue weighted by atomic mass is 10.0. The minimum atomic E-state index is 0.554. The van der Waals surface area contributed by atoms with Crippen molar-refractivity contribution in [2.24, 2.45) is 0 Å². The molecule has 3 rings (SSSR count). The van der Waals surface area contributed by atoms with Gasteiger partial charge in [0, 0.05) is 29.6 Å². The predicted octanol–water partition coefficient (Wildman–Crippen LogP) is 2.95. The molecule has 3 unspecified atom stereocenters. The van der Waals surface area contributed by atoms with Gasteiger partial charge in [0.05, 0.1) is 0 Å². The molecule has 2 aliphatic heterocycles. The summed E-state index contributed by atoms with van der Waals surface area (Å²) in [4.78, 5) is 2.65. The Kier molecular flexibility index (Phi) is 3.50. The first-order valence-corrected chi connectivity index (χ1v) is 7.35. The first-order valence-electron chi connectivity index (χ1n) is 6.56. The molecule has 2 saturated heterocycles. The van der Waals surface area contributed by atoms with Gasteiger partial charge in [-0.15, -0.1) is 0 Å². The molecule has 17 heavy (non-hydrogen) atoms. The normalized spacial score (nSPS) is 33.1. The molecular formula is C14H19BrN2. The van der Waals surface area contributed by atoms with Crippen molar-refractivity contribution in [2.75, 3.05) is 19.6 Å². The van der Waals surface area contributed by atoms with E-state index in [1.54, 1.807) is 0 Å². The lowest BCUT2D eigenvalue weighted by Gasteiger charge is -2.31. The monoisotopic (exact) mass is 294 g/mol. The molecule has 3 atom stereocenters. The van der Waals surface area contributed by atoms with Crippen LogP contribution in [0.4, 0.5) is 0 Å². The summed E-state index contributed by atoms with van der Waals surface area (Å²) in [7, 11) is 0. The van der Waals surface area contributed by atoms with Crippen molar-refractivity contribution >= 4 is 15.9 Å². The van der Waals surface area contributed by atoms with E-state index in [0.29, 0.717) is 6.04 Å². The average Bonchev–Trinajstić information content (AvgIpc) is 2.63. The van der Waals surface area contributed by atoms with E-state index in [0.717, 1.165) is 12.6 Å². The van der Waals surface area contributed by atoms with Crippen molar-refractivity contribution in [3.05, 3.63) is 34.3 Å². The van der Waals surface area contributed by atoms with Crippen LogP contribution in [-0.2, 0) is 0 Å². The highest BCUT2D eigenvalue weighted by molar-refractivity contribution is 9.10. The maximum absolute atomic E-state index is 3.72. The number of hydrogen-bond donors (Lipinski definition) is 1. The third kappa shape index (κ3) is 2.56. The van der Waals surface area contributed by atoms with Crippen molar-refractivity contribution in [3.8, 4) is 0 Å². The van der Waals surface area contributed by atoms with Crippen molar-refractivity contribution in [1.82, 2.24) is 10.2 Å². The second kappa shape index (κ2) is 5.09. The standard InChI is InChI=1S/C14H19BrN2/c15-12-4-1-3-11(9-12)14-10-16-13-5-2-7-17(14)8-6-13/h1,3-4,9,13-14,16H,2,5-8,10H2. The summed E-state index contributed by atoms with van der Waals surface area (Å²) in [6.45, 7) is 3.60. The minimum Gasteiger partial charge on any atom is -0.312 e. The highest BCUT2D eigenvalue weighted by Crippen LogP contribution is 2.28. The minimum absolute atomic E-state index is 0.554. The molecule has 1 aromatic rings. The first-order chi connectivity index (χ1) is 8.33. The molecule has 2 nitrogen and oxygen atoms in total. The van der Waals surface area contributed by atoms with E-state index in [4.69, 9.17) is 0 Å². The molecule has 92 valence electrons. The van der Waals surface area contributed by atoms with E-state index in [-0.39, 0.29) is 0 Å². The molecule has 0 aliphatic carbocycles. The van der Waals surface area contributed by atoms with E-state index >= 15 is 0 Å². The second-order valence-corrected chi connectivity index (χ2v) is 6.06. The van der Waals surface area contributed by atoms with Crippen LogP contribution in [0.15, 0.2) is 28.7 Å². The predicted molar refractivity (Wildman–Crippen MR) is 74.1 cm³/mol. The quantitative estimate of drug-likeness (QED) is 0.857. The smallest absolute Gasteiger partial charge is 0.0473 e. The molecule has 3 heteroatoms. The maximum Gasteiger partial charge on any atom is 0.0473 e. The summed E-state index contributed by atoms with van der Waals surface area (Å²) >= 11 is 3.58. The molecule has 2 aliphatic rings. The van der Waals surface area contributed by atoms with Gasteiger partial charge >= 0.3 is 0 Å². The Morgan fingerprint density at radius 3 is 3.06 bits per heavy atom. The van der Waals surface area contributed by atoms with Gasteiger partial charge in [-0.3, -0.25) is 4.90 Å². The van der Waals surface area contributed by atoms with Gasteiger partial charge in [0.2, 0.25) is 0 Å². The van der Waals surface area contributed by atoms with Crippen molar-refractivity contribution < 1.29 is 0 Å². The van der Waals surface area contributed by atoms with Gasteiger partial charge in [-0.1, -0.05) is 28.1 Å². The summed E-state index contributed by atoms with van der Waals surface area (Å²) in [5, 5.41) is 3.72. The van der Waals surface area contributed by atoms with Crippen LogP contribution < -0.4 is 5.32 Å². The molecule has 0 spiro atoms. The van der Waals surface area contributed by atoms with E-state index in [2.05, 4.69) is 50.4 Å². The highest BCUT2D eigenvalue weighted by Gasteiger charge is 2.28. The van der Waals surface area contributed by atoms with Crippen LogP contribution in [0.25, 0.3) is 0 Å². The number of fused-ring (bicyclic) bond motifs is 3. The summed E-state index contributed by atoms with van der Waals surface area (Å²) < 4.78 is 1.19. The fraction of sp³-hybridized carbons (Fsp3) is 0.571. The fourth-order valence-electron chi connectivity index (χ4n) is 3.08. The van der Waals surface area contributed by atoms with Crippen LogP contribution in [0.3, 0.4) is 0 Å². The van der Waals surface area contributed by atoms with E-state index < -0.39 is 0 Å². The third-order valence-corrected chi connectivity index (χ3v) is 4.53. The highest BCUT2D eigenvalue weighted by atomic mass is 79.9. The van der Waals surface area contributed by atoms with Gasteiger partial charge in [0.25, 0.3) is 0 Å². The van der Waals surface area contributed by atoms with Crippen molar-refractivity contribution in [2.45, 2.75) is 31.3 Å². The van der Waals surface area contributed by atoms with Crippen molar-refractivity contribution in [1.29, 1.82) is 0 Å². The molecule has 2 fully saturated rings. The number of halogens is 1. The summed E-state index contributed by atoms with van der Waals surface area (Å²) in [5.41, 5.74) is 1.44. The van der Waals surface area contributed by atoms with E-state index in [1.807, 2.05) is 0 Å². The Hall–Kier alpha value is -0.380. The summed E-state index contributed by atoms with van der Waals surface area (Å²) in [5.74, 6) is 0. The summed E-state index contributed by atoms with van der Waals surface area (Å²) in [6, 6.07) is 10.1. The van der Waals surface area contributed by atoms with Crippen LogP contribution in [0, 0.1) is 0 Å². The molecule has 0 aromatic heterocycles.